The van der Waals surface area contributed by atoms with Gasteiger partial charge in [0.2, 0.25) is 5.75 Å². The Morgan fingerprint density at radius 2 is 1.68 bits per heavy atom. The molecule has 1 heterocycles. The molecule has 6 nitrogen and oxygen atoms in total. The highest BCUT2D eigenvalue weighted by Crippen LogP contribution is 2.38. The normalized spacial score (nSPS) is 13.0. The van der Waals surface area contributed by atoms with Crippen molar-refractivity contribution in [2.24, 2.45) is 4.99 Å². The first kappa shape index (κ1) is 17.0. The summed E-state index contributed by atoms with van der Waals surface area (Å²) in [6, 6.07) is 11.6. The van der Waals surface area contributed by atoms with Gasteiger partial charge in [0, 0.05) is 6.54 Å². The Kier molecular flexibility index (Phi) is 5.28. The topological polar surface area (TPSA) is 61.3 Å². The van der Waals surface area contributed by atoms with Crippen LogP contribution in [0.3, 0.4) is 0 Å². The maximum absolute atomic E-state index is 6.04. The molecule has 0 spiro atoms. The first-order valence-corrected chi connectivity index (χ1v) is 8.06. The maximum Gasteiger partial charge on any atom is 0.203 e. The van der Waals surface area contributed by atoms with E-state index in [2.05, 4.69) is 10.3 Å². The average molecular weight is 342 g/mol. The molecule has 1 N–H and O–H groups in total. The molecule has 0 saturated heterocycles. The molecule has 6 heteroatoms. The van der Waals surface area contributed by atoms with Gasteiger partial charge in [0.1, 0.15) is 18.2 Å². The predicted molar refractivity (Wildman–Crippen MR) is 96.3 cm³/mol. The van der Waals surface area contributed by atoms with Crippen molar-refractivity contribution in [3.05, 3.63) is 47.5 Å². The van der Waals surface area contributed by atoms with E-state index in [4.69, 9.17) is 18.9 Å². The molecule has 1 aliphatic heterocycles. The Morgan fingerprint density at radius 3 is 2.28 bits per heavy atom. The summed E-state index contributed by atoms with van der Waals surface area (Å²) >= 11 is 0. The van der Waals surface area contributed by atoms with Crippen molar-refractivity contribution in [1.29, 1.82) is 0 Å². The van der Waals surface area contributed by atoms with E-state index in [0.29, 0.717) is 23.9 Å². The van der Waals surface area contributed by atoms with Crippen LogP contribution in [0, 0.1) is 0 Å². The molecule has 3 rings (SSSR count). The minimum absolute atomic E-state index is 0.376. The van der Waals surface area contributed by atoms with Crippen molar-refractivity contribution in [2.75, 3.05) is 34.4 Å². The van der Waals surface area contributed by atoms with Gasteiger partial charge in [-0.15, -0.1) is 0 Å². The molecule has 0 unspecified atom stereocenters. The number of ether oxygens (including phenoxy) is 4. The Labute approximate surface area is 147 Å². The van der Waals surface area contributed by atoms with Gasteiger partial charge >= 0.3 is 0 Å². The number of para-hydroxylation sites is 1. The number of amidine groups is 1. The number of aliphatic imine (C=N–C) groups is 1. The SMILES string of the molecule is COc1cc(COc2ccccc2C2=NCCN2)cc(OC)c1OC. The van der Waals surface area contributed by atoms with Crippen molar-refractivity contribution in [1.82, 2.24) is 5.32 Å². The van der Waals surface area contributed by atoms with Gasteiger partial charge in [-0.1, -0.05) is 12.1 Å². The lowest BCUT2D eigenvalue weighted by atomic mass is 10.1. The molecule has 132 valence electrons. The highest BCUT2D eigenvalue weighted by Gasteiger charge is 2.15. The lowest BCUT2D eigenvalue weighted by Crippen LogP contribution is -2.20. The van der Waals surface area contributed by atoms with Crippen LogP contribution in [0.1, 0.15) is 11.1 Å². The molecule has 0 amide bonds. The molecule has 0 aromatic heterocycles. The molecule has 1 aliphatic rings. The molecule has 0 saturated carbocycles. The van der Waals surface area contributed by atoms with Gasteiger partial charge in [0.25, 0.3) is 0 Å². The van der Waals surface area contributed by atoms with E-state index in [1.165, 1.54) is 0 Å². The van der Waals surface area contributed by atoms with E-state index >= 15 is 0 Å². The lowest BCUT2D eigenvalue weighted by molar-refractivity contribution is 0.298. The molecule has 0 atom stereocenters. The quantitative estimate of drug-likeness (QED) is 0.838. The lowest BCUT2D eigenvalue weighted by Gasteiger charge is -2.15. The third-order valence-corrected chi connectivity index (χ3v) is 3.94. The monoisotopic (exact) mass is 342 g/mol. The Morgan fingerprint density at radius 1 is 0.960 bits per heavy atom. The van der Waals surface area contributed by atoms with Gasteiger partial charge in [0.15, 0.2) is 11.5 Å². The zero-order valence-corrected chi connectivity index (χ0v) is 14.7. The smallest absolute Gasteiger partial charge is 0.203 e. The van der Waals surface area contributed by atoms with Crippen molar-refractivity contribution >= 4 is 5.84 Å². The summed E-state index contributed by atoms with van der Waals surface area (Å²) in [4.78, 5) is 4.47. The average Bonchev–Trinajstić information content (AvgIpc) is 3.20. The fourth-order valence-corrected chi connectivity index (χ4v) is 2.75. The van der Waals surface area contributed by atoms with Crippen LogP contribution in [0.4, 0.5) is 0 Å². The summed E-state index contributed by atoms with van der Waals surface area (Å²) in [5.74, 6) is 3.44. The van der Waals surface area contributed by atoms with Crippen LogP contribution < -0.4 is 24.3 Å². The largest absolute Gasteiger partial charge is 0.493 e. The van der Waals surface area contributed by atoms with E-state index in [-0.39, 0.29) is 0 Å². The third kappa shape index (κ3) is 3.63. The van der Waals surface area contributed by atoms with Crippen molar-refractivity contribution in [3.8, 4) is 23.0 Å². The van der Waals surface area contributed by atoms with Gasteiger partial charge < -0.3 is 24.3 Å². The fourth-order valence-electron chi connectivity index (χ4n) is 2.75. The molecule has 25 heavy (non-hydrogen) atoms. The van der Waals surface area contributed by atoms with Gasteiger partial charge in [-0.25, -0.2) is 0 Å². The van der Waals surface area contributed by atoms with E-state index in [1.807, 2.05) is 36.4 Å². The van der Waals surface area contributed by atoms with Crippen molar-refractivity contribution in [3.63, 3.8) is 0 Å². The summed E-state index contributed by atoms with van der Waals surface area (Å²) < 4.78 is 22.2. The van der Waals surface area contributed by atoms with E-state index in [1.54, 1.807) is 21.3 Å². The first-order valence-electron chi connectivity index (χ1n) is 8.06. The predicted octanol–water partition coefficient (Wildman–Crippen LogP) is 2.64. The number of benzene rings is 2. The van der Waals surface area contributed by atoms with Crippen LogP contribution in [0.25, 0.3) is 0 Å². The highest BCUT2D eigenvalue weighted by molar-refractivity contribution is 6.02. The molecule has 2 aromatic rings. The van der Waals surface area contributed by atoms with Crippen LogP contribution in [0.5, 0.6) is 23.0 Å². The van der Waals surface area contributed by atoms with E-state index < -0.39 is 0 Å². The van der Waals surface area contributed by atoms with Crippen LogP contribution in [0.2, 0.25) is 0 Å². The summed E-state index contributed by atoms with van der Waals surface area (Å²) in [6.07, 6.45) is 0. The summed E-state index contributed by atoms with van der Waals surface area (Å²) in [5, 5.41) is 3.28. The number of nitrogens with one attached hydrogen (secondary N) is 1. The summed E-state index contributed by atoms with van der Waals surface area (Å²) in [6.45, 7) is 2.02. The van der Waals surface area contributed by atoms with Crippen molar-refractivity contribution < 1.29 is 18.9 Å². The Balaban J connectivity index is 1.83. The number of methoxy groups -OCH3 is 3. The second kappa shape index (κ2) is 7.79. The van der Waals surface area contributed by atoms with Gasteiger partial charge in [0.05, 0.1) is 33.4 Å². The Hall–Kier alpha value is -2.89. The second-order valence-electron chi connectivity index (χ2n) is 5.48. The Bertz CT molecular complexity index is 749. The van der Waals surface area contributed by atoms with Crippen LogP contribution in [0.15, 0.2) is 41.4 Å². The molecular formula is C19H22N2O4. The zero-order valence-electron chi connectivity index (χ0n) is 14.7. The van der Waals surface area contributed by atoms with Gasteiger partial charge in [-0.3, -0.25) is 4.99 Å². The third-order valence-electron chi connectivity index (χ3n) is 3.94. The van der Waals surface area contributed by atoms with Crippen LogP contribution >= 0.6 is 0 Å². The minimum atomic E-state index is 0.376. The highest BCUT2D eigenvalue weighted by atomic mass is 16.5. The molecular weight excluding hydrogens is 320 g/mol. The van der Waals surface area contributed by atoms with E-state index in [0.717, 1.165) is 35.8 Å². The van der Waals surface area contributed by atoms with Crippen molar-refractivity contribution in [2.45, 2.75) is 6.61 Å². The van der Waals surface area contributed by atoms with Crippen LogP contribution in [-0.2, 0) is 6.61 Å². The molecule has 2 aromatic carbocycles. The number of rotatable bonds is 7. The number of hydrogen-bond acceptors (Lipinski definition) is 6. The van der Waals surface area contributed by atoms with Gasteiger partial charge in [-0.2, -0.15) is 0 Å². The number of nitrogens with zero attached hydrogens (tertiary/aromatic N) is 1. The van der Waals surface area contributed by atoms with Gasteiger partial charge in [-0.05, 0) is 29.8 Å². The first-order chi connectivity index (χ1) is 12.3. The molecule has 0 bridgehead atoms. The zero-order chi connectivity index (χ0) is 17.6. The van der Waals surface area contributed by atoms with E-state index in [9.17, 15) is 0 Å². The molecule has 0 radical (unpaired) electrons. The molecule has 0 aliphatic carbocycles. The molecule has 0 fully saturated rings. The fraction of sp³-hybridized carbons (Fsp3) is 0.316. The van der Waals surface area contributed by atoms with Crippen LogP contribution in [-0.4, -0.2) is 40.3 Å². The summed E-state index contributed by atoms with van der Waals surface area (Å²) in [7, 11) is 4.78. The second-order valence-corrected chi connectivity index (χ2v) is 5.48. The summed E-state index contributed by atoms with van der Waals surface area (Å²) in [5.41, 5.74) is 1.89. The maximum atomic E-state index is 6.04. The number of hydrogen-bond donors (Lipinski definition) is 1. The standard InChI is InChI=1S/C19H22N2O4/c1-22-16-10-13(11-17(23-2)18(16)24-3)12-25-15-7-5-4-6-14(15)19-20-8-9-21-19/h4-7,10-11H,8-9,12H2,1-3H3,(H,20,21). The minimum Gasteiger partial charge on any atom is -0.493 e.